The first-order chi connectivity index (χ1) is 9.69. The number of nitrogens with zero attached hydrogens (tertiary/aromatic N) is 1. The molecule has 2 rings (SSSR count). The maximum Gasteiger partial charge on any atom is 0.0709 e. The van der Waals surface area contributed by atoms with Gasteiger partial charge in [-0.3, -0.25) is 0 Å². The van der Waals surface area contributed by atoms with Gasteiger partial charge < -0.3 is 5.32 Å². The molecule has 0 bridgehead atoms. The zero-order valence-electron chi connectivity index (χ0n) is 12.7. The minimum absolute atomic E-state index is 0.687. The molecule has 1 aromatic heterocycles. The van der Waals surface area contributed by atoms with E-state index >= 15 is 0 Å². The summed E-state index contributed by atoms with van der Waals surface area (Å²) in [6.45, 7) is 8.66. The van der Waals surface area contributed by atoms with Gasteiger partial charge in [-0.05, 0) is 37.1 Å². The van der Waals surface area contributed by atoms with Crippen LogP contribution in [-0.2, 0) is 0 Å². The zero-order valence-corrected chi connectivity index (χ0v) is 12.7. The third-order valence-corrected chi connectivity index (χ3v) is 3.33. The van der Waals surface area contributed by atoms with E-state index < -0.39 is 0 Å². The largest absolute Gasteiger partial charge is 0.313 e. The van der Waals surface area contributed by atoms with Crippen LogP contribution in [0.25, 0.3) is 17.0 Å². The van der Waals surface area contributed by atoms with Gasteiger partial charge in [0.2, 0.25) is 0 Å². The molecule has 106 valence electrons. The third-order valence-electron chi connectivity index (χ3n) is 3.33. The molecule has 1 heterocycles. The molecule has 0 amide bonds. The lowest BCUT2D eigenvalue weighted by Crippen LogP contribution is -2.21. The molecule has 2 nitrogen and oxygen atoms in total. The summed E-state index contributed by atoms with van der Waals surface area (Å²) in [6, 6.07) is 12.5. The monoisotopic (exact) mass is 268 g/mol. The van der Waals surface area contributed by atoms with Crippen LogP contribution in [0.5, 0.6) is 0 Å². The topological polar surface area (TPSA) is 24.9 Å². The molecule has 2 heteroatoms. The Morgan fingerprint density at radius 1 is 1.20 bits per heavy atom. The van der Waals surface area contributed by atoms with Crippen LogP contribution in [0.15, 0.2) is 42.0 Å². The number of para-hydroxylation sites is 1. The first kappa shape index (κ1) is 14.7. The van der Waals surface area contributed by atoms with E-state index in [-0.39, 0.29) is 0 Å². The van der Waals surface area contributed by atoms with Crippen LogP contribution in [0.1, 0.15) is 32.9 Å². The summed E-state index contributed by atoms with van der Waals surface area (Å²) in [5.74, 6) is 0.687. The first-order valence-electron chi connectivity index (χ1n) is 7.45. The molecule has 0 spiro atoms. The van der Waals surface area contributed by atoms with Crippen LogP contribution < -0.4 is 5.32 Å². The minimum Gasteiger partial charge on any atom is -0.313 e. The summed E-state index contributed by atoms with van der Waals surface area (Å²) in [5.41, 5.74) is 3.51. The number of fused-ring (bicyclic) bond motifs is 1. The Kier molecular flexibility index (Phi) is 5.31. The van der Waals surface area contributed by atoms with Gasteiger partial charge >= 0.3 is 0 Å². The molecule has 0 unspecified atom stereocenters. The SMILES string of the molecule is CCC(=Cc1ccc2ccccc2n1)CNCC(C)C. The van der Waals surface area contributed by atoms with Crippen molar-refractivity contribution in [2.75, 3.05) is 13.1 Å². The van der Waals surface area contributed by atoms with Gasteiger partial charge in [-0.1, -0.05) is 50.6 Å². The van der Waals surface area contributed by atoms with Crippen molar-refractivity contribution in [2.24, 2.45) is 5.92 Å². The Morgan fingerprint density at radius 3 is 2.75 bits per heavy atom. The minimum atomic E-state index is 0.687. The maximum absolute atomic E-state index is 4.70. The normalized spacial score (nSPS) is 12.3. The Hall–Kier alpha value is -1.67. The Morgan fingerprint density at radius 2 is 2.00 bits per heavy atom. The molecule has 0 aliphatic heterocycles. The van der Waals surface area contributed by atoms with Crippen molar-refractivity contribution >= 4 is 17.0 Å². The second kappa shape index (κ2) is 7.20. The molecule has 0 saturated carbocycles. The van der Waals surface area contributed by atoms with E-state index in [4.69, 9.17) is 4.98 Å². The second-order valence-electron chi connectivity index (χ2n) is 5.61. The molecule has 1 aromatic carbocycles. The summed E-state index contributed by atoms with van der Waals surface area (Å²) in [6.07, 6.45) is 3.26. The standard InChI is InChI=1S/C18H24N2/c1-4-15(13-19-12-14(2)3)11-17-10-9-16-7-5-6-8-18(16)20-17/h5-11,14,19H,4,12-13H2,1-3H3. The van der Waals surface area contributed by atoms with Crippen LogP contribution >= 0.6 is 0 Å². The number of rotatable bonds is 6. The van der Waals surface area contributed by atoms with Crippen LogP contribution in [0.3, 0.4) is 0 Å². The molecule has 0 radical (unpaired) electrons. The van der Waals surface area contributed by atoms with Crippen molar-refractivity contribution in [3.8, 4) is 0 Å². The number of aromatic nitrogens is 1. The van der Waals surface area contributed by atoms with Crippen LogP contribution in [0.4, 0.5) is 0 Å². The highest BCUT2D eigenvalue weighted by Gasteiger charge is 1.99. The summed E-state index contributed by atoms with van der Waals surface area (Å²) >= 11 is 0. The molecule has 0 aliphatic rings. The van der Waals surface area contributed by atoms with Crippen LogP contribution in [0, 0.1) is 5.92 Å². The average molecular weight is 268 g/mol. The quantitative estimate of drug-likeness (QED) is 0.846. The second-order valence-corrected chi connectivity index (χ2v) is 5.61. The van der Waals surface area contributed by atoms with Crippen molar-refractivity contribution in [3.63, 3.8) is 0 Å². The van der Waals surface area contributed by atoms with Crippen LogP contribution in [0.2, 0.25) is 0 Å². The van der Waals surface area contributed by atoms with Gasteiger partial charge in [0.15, 0.2) is 0 Å². The molecule has 0 aliphatic carbocycles. The van der Waals surface area contributed by atoms with Gasteiger partial charge in [-0.15, -0.1) is 0 Å². The lowest BCUT2D eigenvalue weighted by molar-refractivity contribution is 0.569. The van der Waals surface area contributed by atoms with Crippen molar-refractivity contribution in [2.45, 2.75) is 27.2 Å². The van der Waals surface area contributed by atoms with Gasteiger partial charge in [-0.2, -0.15) is 0 Å². The lowest BCUT2D eigenvalue weighted by atomic mass is 10.1. The fourth-order valence-corrected chi connectivity index (χ4v) is 2.17. The predicted octanol–water partition coefficient (Wildman–Crippen LogP) is 4.27. The van der Waals surface area contributed by atoms with Crippen molar-refractivity contribution in [1.29, 1.82) is 0 Å². The fourth-order valence-electron chi connectivity index (χ4n) is 2.17. The van der Waals surface area contributed by atoms with Crippen molar-refractivity contribution in [1.82, 2.24) is 10.3 Å². The molecular formula is C18H24N2. The van der Waals surface area contributed by atoms with E-state index in [0.717, 1.165) is 30.7 Å². The maximum atomic E-state index is 4.70. The Bertz CT molecular complexity index is 585. The Labute approximate surface area is 121 Å². The van der Waals surface area contributed by atoms with E-state index in [2.05, 4.69) is 56.4 Å². The summed E-state index contributed by atoms with van der Waals surface area (Å²) in [7, 11) is 0. The molecule has 0 atom stereocenters. The highest BCUT2D eigenvalue weighted by molar-refractivity contribution is 5.79. The molecule has 20 heavy (non-hydrogen) atoms. The molecule has 0 fully saturated rings. The van der Waals surface area contributed by atoms with Gasteiger partial charge in [0, 0.05) is 11.9 Å². The zero-order chi connectivity index (χ0) is 14.4. The molecular weight excluding hydrogens is 244 g/mol. The number of hydrogen-bond acceptors (Lipinski definition) is 2. The number of nitrogens with one attached hydrogen (secondary N) is 1. The summed E-state index contributed by atoms with van der Waals surface area (Å²) in [4.78, 5) is 4.70. The first-order valence-corrected chi connectivity index (χ1v) is 7.45. The van der Waals surface area contributed by atoms with E-state index in [9.17, 15) is 0 Å². The third kappa shape index (κ3) is 4.17. The van der Waals surface area contributed by atoms with Gasteiger partial charge in [0.05, 0.1) is 11.2 Å². The average Bonchev–Trinajstić information content (AvgIpc) is 2.45. The molecule has 2 aromatic rings. The van der Waals surface area contributed by atoms with E-state index in [1.807, 2.05) is 12.1 Å². The Balaban J connectivity index is 2.12. The number of benzene rings is 1. The highest BCUT2D eigenvalue weighted by atomic mass is 14.9. The van der Waals surface area contributed by atoms with E-state index in [1.165, 1.54) is 11.0 Å². The lowest BCUT2D eigenvalue weighted by Gasteiger charge is -2.09. The molecule has 1 N–H and O–H groups in total. The highest BCUT2D eigenvalue weighted by Crippen LogP contribution is 2.14. The van der Waals surface area contributed by atoms with Crippen LogP contribution in [-0.4, -0.2) is 18.1 Å². The van der Waals surface area contributed by atoms with Crippen molar-refractivity contribution < 1.29 is 0 Å². The summed E-state index contributed by atoms with van der Waals surface area (Å²) in [5, 5.41) is 4.69. The van der Waals surface area contributed by atoms with Gasteiger partial charge in [0.25, 0.3) is 0 Å². The summed E-state index contributed by atoms with van der Waals surface area (Å²) < 4.78 is 0. The predicted molar refractivity (Wildman–Crippen MR) is 87.7 cm³/mol. The fraction of sp³-hybridized carbons (Fsp3) is 0.389. The van der Waals surface area contributed by atoms with E-state index in [1.54, 1.807) is 0 Å². The number of pyridine rings is 1. The number of hydrogen-bond donors (Lipinski definition) is 1. The van der Waals surface area contributed by atoms with Gasteiger partial charge in [0.1, 0.15) is 0 Å². The van der Waals surface area contributed by atoms with Crippen molar-refractivity contribution in [3.05, 3.63) is 47.7 Å². The van der Waals surface area contributed by atoms with Gasteiger partial charge in [-0.25, -0.2) is 4.98 Å². The molecule has 0 saturated heterocycles. The smallest absolute Gasteiger partial charge is 0.0709 e. The van der Waals surface area contributed by atoms with E-state index in [0.29, 0.717) is 5.92 Å².